The maximum absolute atomic E-state index is 4.95. The summed E-state index contributed by atoms with van der Waals surface area (Å²) in [5, 5.41) is 4.29. The lowest BCUT2D eigenvalue weighted by Gasteiger charge is -2.00. The third kappa shape index (κ3) is 3.32. The zero-order valence-corrected chi connectivity index (χ0v) is 9.20. The molecular formula is C9H16N2OS. The van der Waals surface area contributed by atoms with Crippen molar-refractivity contribution < 1.29 is 4.74 Å². The average molecular weight is 200 g/mol. The Morgan fingerprint density at radius 2 is 2.23 bits per heavy atom. The van der Waals surface area contributed by atoms with Gasteiger partial charge in [-0.25, -0.2) is 4.98 Å². The van der Waals surface area contributed by atoms with Gasteiger partial charge < -0.3 is 10.1 Å². The summed E-state index contributed by atoms with van der Waals surface area (Å²) in [6.07, 6.45) is 1.02. The topological polar surface area (TPSA) is 34.1 Å². The number of anilines is 1. The van der Waals surface area contributed by atoms with Crippen molar-refractivity contribution in [3.05, 3.63) is 10.6 Å². The van der Waals surface area contributed by atoms with E-state index in [4.69, 9.17) is 4.74 Å². The third-order valence-corrected chi connectivity index (χ3v) is 2.86. The quantitative estimate of drug-likeness (QED) is 0.740. The number of nitrogens with one attached hydrogen (secondary N) is 1. The molecule has 4 heteroatoms. The number of aromatic nitrogens is 1. The molecule has 0 radical (unpaired) electrons. The van der Waals surface area contributed by atoms with Gasteiger partial charge in [-0.05, 0) is 20.3 Å². The lowest BCUT2D eigenvalue weighted by Crippen LogP contribution is -2.04. The molecule has 3 nitrogen and oxygen atoms in total. The standard InChI is InChI=1S/C9H16N2OS/c1-7-8(2)13-9(11-7)10-5-4-6-12-3/h4-6H2,1-3H3,(H,10,11). The molecule has 1 N–H and O–H groups in total. The summed E-state index contributed by atoms with van der Waals surface area (Å²) in [5.41, 5.74) is 1.12. The maximum Gasteiger partial charge on any atom is 0.183 e. The number of aryl methyl sites for hydroxylation is 2. The van der Waals surface area contributed by atoms with Crippen molar-refractivity contribution >= 4 is 16.5 Å². The van der Waals surface area contributed by atoms with Gasteiger partial charge >= 0.3 is 0 Å². The molecule has 13 heavy (non-hydrogen) atoms. The molecule has 0 fully saturated rings. The summed E-state index contributed by atoms with van der Waals surface area (Å²) in [6.45, 7) is 5.86. The Morgan fingerprint density at radius 1 is 1.46 bits per heavy atom. The predicted molar refractivity (Wildman–Crippen MR) is 56.6 cm³/mol. The summed E-state index contributed by atoms with van der Waals surface area (Å²) in [5.74, 6) is 0. The molecule has 0 amide bonds. The van der Waals surface area contributed by atoms with Crippen molar-refractivity contribution in [1.82, 2.24) is 4.98 Å². The summed E-state index contributed by atoms with van der Waals surface area (Å²) < 4.78 is 4.95. The number of rotatable bonds is 5. The molecule has 0 unspecified atom stereocenters. The minimum atomic E-state index is 0.802. The predicted octanol–water partition coefficient (Wildman–Crippen LogP) is 2.21. The summed E-state index contributed by atoms with van der Waals surface area (Å²) in [7, 11) is 1.72. The molecule has 0 aromatic carbocycles. The van der Waals surface area contributed by atoms with Crippen molar-refractivity contribution in [2.45, 2.75) is 20.3 Å². The van der Waals surface area contributed by atoms with Crippen LogP contribution < -0.4 is 5.32 Å². The molecule has 1 aromatic heterocycles. The molecule has 1 rings (SSSR count). The second-order valence-corrected chi connectivity index (χ2v) is 4.14. The Bertz CT molecular complexity index is 241. The molecule has 0 saturated carbocycles. The van der Waals surface area contributed by atoms with Crippen LogP contribution >= 0.6 is 11.3 Å². The van der Waals surface area contributed by atoms with E-state index < -0.39 is 0 Å². The number of methoxy groups -OCH3 is 1. The third-order valence-electron chi connectivity index (χ3n) is 1.83. The van der Waals surface area contributed by atoms with Gasteiger partial charge in [0.05, 0.1) is 5.69 Å². The number of nitrogens with zero attached hydrogens (tertiary/aromatic N) is 1. The van der Waals surface area contributed by atoms with Crippen molar-refractivity contribution in [3.63, 3.8) is 0 Å². The molecule has 0 aliphatic heterocycles. The summed E-state index contributed by atoms with van der Waals surface area (Å²) in [6, 6.07) is 0. The summed E-state index contributed by atoms with van der Waals surface area (Å²) >= 11 is 1.71. The molecule has 0 saturated heterocycles. The second kappa shape index (κ2) is 5.19. The van der Waals surface area contributed by atoms with E-state index in [0.29, 0.717) is 0 Å². The van der Waals surface area contributed by atoms with Gasteiger partial charge in [0.15, 0.2) is 5.13 Å². The minimum absolute atomic E-state index is 0.802. The van der Waals surface area contributed by atoms with Gasteiger partial charge in [0, 0.05) is 25.1 Å². The lowest BCUT2D eigenvalue weighted by atomic mass is 10.4. The van der Waals surface area contributed by atoms with Gasteiger partial charge in [0.2, 0.25) is 0 Å². The maximum atomic E-state index is 4.95. The smallest absolute Gasteiger partial charge is 0.183 e. The van der Waals surface area contributed by atoms with E-state index >= 15 is 0 Å². The molecule has 0 atom stereocenters. The van der Waals surface area contributed by atoms with Crippen molar-refractivity contribution in [1.29, 1.82) is 0 Å². The first-order chi connectivity index (χ1) is 6.24. The molecule has 0 aliphatic carbocycles. The highest BCUT2D eigenvalue weighted by atomic mass is 32.1. The van der Waals surface area contributed by atoms with Gasteiger partial charge in [-0.3, -0.25) is 0 Å². The fourth-order valence-electron chi connectivity index (χ4n) is 0.960. The molecule has 74 valence electrons. The van der Waals surface area contributed by atoms with Crippen LogP contribution in [0.25, 0.3) is 0 Å². The van der Waals surface area contributed by atoms with Crippen LogP contribution in [0.1, 0.15) is 17.0 Å². The van der Waals surface area contributed by atoms with Crippen LogP contribution in [0.2, 0.25) is 0 Å². The van der Waals surface area contributed by atoms with Gasteiger partial charge in [0.1, 0.15) is 0 Å². The van der Waals surface area contributed by atoms with Crippen LogP contribution in [0.3, 0.4) is 0 Å². The van der Waals surface area contributed by atoms with E-state index in [1.807, 2.05) is 6.92 Å². The fourth-order valence-corrected chi connectivity index (χ4v) is 1.80. The first-order valence-electron chi connectivity index (χ1n) is 4.41. The van der Waals surface area contributed by atoms with Gasteiger partial charge in [-0.15, -0.1) is 11.3 Å². The molecule has 1 heterocycles. The van der Waals surface area contributed by atoms with E-state index in [0.717, 1.165) is 30.4 Å². The van der Waals surface area contributed by atoms with Crippen LogP contribution in [0.5, 0.6) is 0 Å². The van der Waals surface area contributed by atoms with E-state index in [2.05, 4.69) is 17.2 Å². The Hall–Kier alpha value is -0.610. The van der Waals surface area contributed by atoms with Crippen LogP contribution in [0.4, 0.5) is 5.13 Å². The van der Waals surface area contributed by atoms with Crippen molar-refractivity contribution in [2.24, 2.45) is 0 Å². The van der Waals surface area contributed by atoms with E-state index in [1.54, 1.807) is 18.4 Å². The minimum Gasteiger partial charge on any atom is -0.385 e. The van der Waals surface area contributed by atoms with E-state index in [1.165, 1.54) is 4.88 Å². The number of thiazole rings is 1. The Labute approximate surface area is 83.1 Å². The van der Waals surface area contributed by atoms with Crippen molar-refractivity contribution in [3.8, 4) is 0 Å². The highest BCUT2D eigenvalue weighted by molar-refractivity contribution is 7.15. The Kier molecular flexibility index (Phi) is 4.18. The first kappa shape index (κ1) is 10.5. The van der Waals surface area contributed by atoms with E-state index in [-0.39, 0.29) is 0 Å². The first-order valence-corrected chi connectivity index (χ1v) is 5.22. The normalized spacial score (nSPS) is 10.4. The Morgan fingerprint density at radius 3 is 2.77 bits per heavy atom. The van der Waals surface area contributed by atoms with E-state index in [9.17, 15) is 0 Å². The highest BCUT2D eigenvalue weighted by Crippen LogP contribution is 2.20. The monoisotopic (exact) mass is 200 g/mol. The molecule has 0 bridgehead atoms. The lowest BCUT2D eigenvalue weighted by molar-refractivity contribution is 0.198. The van der Waals surface area contributed by atoms with Crippen LogP contribution in [-0.2, 0) is 4.74 Å². The van der Waals surface area contributed by atoms with Crippen LogP contribution in [0, 0.1) is 13.8 Å². The molecular weight excluding hydrogens is 184 g/mol. The second-order valence-electron chi connectivity index (χ2n) is 2.93. The van der Waals surface area contributed by atoms with Gasteiger partial charge in [-0.1, -0.05) is 0 Å². The molecule has 0 aliphatic rings. The number of hydrogen-bond donors (Lipinski definition) is 1. The van der Waals surface area contributed by atoms with Gasteiger partial charge in [-0.2, -0.15) is 0 Å². The average Bonchev–Trinajstić information content (AvgIpc) is 2.41. The molecule has 0 spiro atoms. The zero-order valence-electron chi connectivity index (χ0n) is 8.39. The van der Waals surface area contributed by atoms with Crippen molar-refractivity contribution in [2.75, 3.05) is 25.6 Å². The molecule has 1 aromatic rings. The zero-order chi connectivity index (χ0) is 9.68. The van der Waals surface area contributed by atoms with Crippen LogP contribution in [0.15, 0.2) is 0 Å². The van der Waals surface area contributed by atoms with Crippen LogP contribution in [-0.4, -0.2) is 25.2 Å². The van der Waals surface area contributed by atoms with Gasteiger partial charge in [0.25, 0.3) is 0 Å². The summed E-state index contributed by atoms with van der Waals surface area (Å²) in [4.78, 5) is 5.66. The fraction of sp³-hybridized carbons (Fsp3) is 0.667. The SMILES string of the molecule is COCCCNc1nc(C)c(C)s1. The number of hydrogen-bond acceptors (Lipinski definition) is 4. The largest absolute Gasteiger partial charge is 0.385 e. The number of ether oxygens (including phenoxy) is 1. The Balaban J connectivity index is 2.29. The highest BCUT2D eigenvalue weighted by Gasteiger charge is 2.01.